The van der Waals surface area contributed by atoms with E-state index in [1.54, 1.807) is 25.3 Å². The van der Waals surface area contributed by atoms with Gasteiger partial charge in [-0.05, 0) is 24.4 Å². The number of nitrogen functional groups attached to an aromatic ring is 1. The fourth-order valence-corrected chi connectivity index (χ4v) is 2.03. The zero-order valence-electron chi connectivity index (χ0n) is 10.8. The summed E-state index contributed by atoms with van der Waals surface area (Å²) < 4.78 is 4.90. The highest BCUT2D eigenvalue weighted by Gasteiger charge is 2.15. The summed E-state index contributed by atoms with van der Waals surface area (Å²) in [7, 11) is 0. The molecular formula is C14H12N4O2. The van der Waals surface area contributed by atoms with Gasteiger partial charge in [0.25, 0.3) is 5.91 Å². The smallest absolute Gasteiger partial charge is 0.276 e. The van der Waals surface area contributed by atoms with Crippen LogP contribution in [0.2, 0.25) is 0 Å². The van der Waals surface area contributed by atoms with E-state index in [-0.39, 0.29) is 11.6 Å². The Balaban J connectivity index is 2.03. The first kappa shape index (κ1) is 12.2. The minimum atomic E-state index is -0.373. The van der Waals surface area contributed by atoms with Crippen molar-refractivity contribution >= 4 is 28.2 Å². The number of benzene rings is 1. The molecular weight excluding hydrogens is 256 g/mol. The SMILES string of the molecule is Cc1cc(NC(=O)c2nccc3cccc(N)c23)no1. The van der Waals surface area contributed by atoms with Gasteiger partial charge in [0.1, 0.15) is 11.5 Å². The van der Waals surface area contributed by atoms with Crippen LogP contribution in [0.4, 0.5) is 11.5 Å². The fourth-order valence-electron chi connectivity index (χ4n) is 2.03. The van der Waals surface area contributed by atoms with Crippen LogP contribution in [-0.2, 0) is 0 Å². The van der Waals surface area contributed by atoms with E-state index in [9.17, 15) is 4.79 Å². The van der Waals surface area contributed by atoms with Gasteiger partial charge in [0.05, 0.1) is 0 Å². The van der Waals surface area contributed by atoms with Gasteiger partial charge in [0.15, 0.2) is 5.82 Å². The molecule has 3 N–H and O–H groups in total. The third kappa shape index (κ3) is 2.07. The van der Waals surface area contributed by atoms with Gasteiger partial charge in [-0.2, -0.15) is 0 Å². The Bertz CT molecular complexity index is 789. The number of nitrogens with one attached hydrogen (secondary N) is 1. The minimum absolute atomic E-state index is 0.265. The number of carbonyl (C=O) groups excluding carboxylic acids is 1. The molecule has 0 spiro atoms. The van der Waals surface area contributed by atoms with Crippen LogP contribution < -0.4 is 11.1 Å². The number of pyridine rings is 1. The van der Waals surface area contributed by atoms with Crippen LogP contribution in [0.5, 0.6) is 0 Å². The first-order valence-electron chi connectivity index (χ1n) is 6.03. The van der Waals surface area contributed by atoms with Crippen LogP contribution in [-0.4, -0.2) is 16.0 Å². The van der Waals surface area contributed by atoms with Gasteiger partial charge in [-0.3, -0.25) is 9.78 Å². The second kappa shape index (κ2) is 4.65. The number of nitrogens with zero attached hydrogens (tertiary/aromatic N) is 2. The molecule has 2 aromatic heterocycles. The second-order valence-corrected chi connectivity index (χ2v) is 4.38. The van der Waals surface area contributed by atoms with Gasteiger partial charge >= 0.3 is 0 Å². The third-order valence-corrected chi connectivity index (χ3v) is 2.91. The highest BCUT2D eigenvalue weighted by atomic mass is 16.5. The van der Waals surface area contributed by atoms with Crippen molar-refractivity contribution in [3.05, 3.63) is 48.0 Å². The van der Waals surface area contributed by atoms with Crippen molar-refractivity contribution < 1.29 is 9.32 Å². The third-order valence-electron chi connectivity index (χ3n) is 2.91. The van der Waals surface area contributed by atoms with Crippen molar-refractivity contribution in [2.45, 2.75) is 6.92 Å². The molecule has 1 amide bonds. The Morgan fingerprint density at radius 3 is 2.95 bits per heavy atom. The van der Waals surface area contributed by atoms with Gasteiger partial charge in [-0.25, -0.2) is 0 Å². The van der Waals surface area contributed by atoms with E-state index >= 15 is 0 Å². The number of amides is 1. The summed E-state index contributed by atoms with van der Waals surface area (Å²) in [6, 6.07) is 8.89. The minimum Gasteiger partial charge on any atom is -0.398 e. The topological polar surface area (TPSA) is 94.0 Å². The molecule has 0 saturated heterocycles. The van der Waals surface area contributed by atoms with Crippen molar-refractivity contribution in [2.75, 3.05) is 11.1 Å². The normalized spacial score (nSPS) is 10.7. The standard InChI is InChI=1S/C14H12N4O2/c1-8-7-11(18-20-8)17-14(19)13-12-9(5-6-16-13)3-2-4-10(12)15/h2-7H,15H2,1H3,(H,17,18,19). The summed E-state index contributed by atoms with van der Waals surface area (Å²) in [5.74, 6) is 0.591. The highest BCUT2D eigenvalue weighted by Crippen LogP contribution is 2.24. The largest absolute Gasteiger partial charge is 0.398 e. The summed E-state index contributed by atoms with van der Waals surface area (Å²) in [6.07, 6.45) is 1.57. The molecule has 0 aliphatic rings. The summed E-state index contributed by atoms with van der Waals surface area (Å²) in [5.41, 5.74) is 6.71. The molecule has 0 saturated carbocycles. The molecule has 0 aliphatic carbocycles. The van der Waals surface area contributed by atoms with E-state index in [2.05, 4.69) is 15.5 Å². The molecule has 0 atom stereocenters. The van der Waals surface area contributed by atoms with Crippen molar-refractivity contribution in [1.29, 1.82) is 0 Å². The van der Waals surface area contributed by atoms with Gasteiger partial charge in [0.2, 0.25) is 0 Å². The van der Waals surface area contributed by atoms with Gasteiger partial charge in [-0.1, -0.05) is 17.3 Å². The van der Waals surface area contributed by atoms with Crippen LogP contribution in [0.25, 0.3) is 10.8 Å². The molecule has 6 heteroatoms. The second-order valence-electron chi connectivity index (χ2n) is 4.38. The molecule has 20 heavy (non-hydrogen) atoms. The number of fused-ring (bicyclic) bond motifs is 1. The number of carbonyl (C=O) groups is 1. The maximum absolute atomic E-state index is 12.3. The van der Waals surface area contributed by atoms with E-state index in [0.29, 0.717) is 22.7 Å². The number of aryl methyl sites for hydroxylation is 1. The summed E-state index contributed by atoms with van der Waals surface area (Å²) >= 11 is 0. The molecule has 0 fully saturated rings. The number of hydrogen-bond acceptors (Lipinski definition) is 5. The zero-order valence-corrected chi connectivity index (χ0v) is 10.8. The van der Waals surface area contributed by atoms with Gasteiger partial charge in [-0.15, -0.1) is 0 Å². The van der Waals surface area contributed by atoms with E-state index in [0.717, 1.165) is 5.39 Å². The molecule has 0 bridgehead atoms. The molecule has 0 radical (unpaired) electrons. The number of aromatic nitrogens is 2. The first-order chi connectivity index (χ1) is 9.65. The van der Waals surface area contributed by atoms with Crippen molar-refractivity contribution in [1.82, 2.24) is 10.1 Å². The Morgan fingerprint density at radius 2 is 2.20 bits per heavy atom. The van der Waals surface area contributed by atoms with Crippen LogP contribution in [0, 0.1) is 6.92 Å². The van der Waals surface area contributed by atoms with Crippen molar-refractivity contribution in [3.63, 3.8) is 0 Å². The van der Waals surface area contributed by atoms with Crippen LogP contribution in [0.15, 0.2) is 41.1 Å². The number of anilines is 2. The summed E-state index contributed by atoms with van der Waals surface area (Å²) in [4.78, 5) is 16.4. The Morgan fingerprint density at radius 1 is 1.35 bits per heavy atom. The Kier molecular flexibility index (Phi) is 2.83. The summed E-state index contributed by atoms with van der Waals surface area (Å²) in [6.45, 7) is 1.75. The Labute approximate surface area is 114 Å². The van der Waals surface area contributed by atoms with E-state index in [1.807, 2.05) is 18.2 Å². The maximum atomic E-state index is 12.3. The van der Waals surface area contributed by atoms with Crippen LogP contribution >= 0.6 is 0 Å². The molecule has 1 aromatic carbocycles. The first-order valence-corrected chi connectivity index (χ1v) is 6.03. The van der Waals surface area contributed by atoms with Crippen molar-refractivity contribution in [2.24, 2.45) is 0 Å². The van der Waals surface area contributed by atoms with Crippen molar-refractivity contribution in [3.8, 4) is 0 Å². The molecule has 100 valence electrons. The molecule has 3 aromatic rings. The lowest BCUT2D eigenvalue weighted by Gasteiger charge is -2.07. The number of nitrogens with two attached hydrogens (primary N) is 1. The summed E-state index contributed by atoms with van der Waals surface area (Å²) in [5, 5.41) is 7.85. The predicted octanol–water partition coefficient (Wildman–Crippen LogP) is 2.37. The lowest BCUT2D eigenvalue weighted by Crippen LogP contribution is -2.14. The lowest BCUT2D eigenvalue weighted by atomic mass is 10.1. The number of rotatable bonds is 2. The van der Waals surface area contributed by atoms with E-state index in [1.165, 1.54) is 0 Å². The van der Waals surface area contributed by atoms with Gasteiger partial charge in [0, 0.05) is 23.3 Å². The predicted molar refractivity (Wildman–Crippen MR) is 75.3 cm³/mol. The van der Waals surface area contributed by atoms with E-state index in [4.69, 9.17) is 10.3 Å². The molecule has 0 aliphatic heterocycles. The van der Waals surface area contributed by atoms with Crippen LogP contribution in [0.3, 0.4) is 0 Å². The molecule has 2 heterocycles. The van der Waals surface area contributed by atoms with E-state index < -0.39 is 0 Å². The lowest BCUT2D eigenvalue weighted by molar-refractivity contribution is 0.102. The molecule has 3 rings (SSSR count). The van der Waals surface area contributed by atoms with Crippen LogP contribution in [0.1, 0.15) is 16.2 Å². The Hall–Kier alpha value is -2.89. The average Bonchev–Trinajstić information content (AvgIpc) is 2.84. The zero-order chi connectivity index (χ0) is 14.1. The average molecular weight is 268 g/mol. The maximum Gasteiger partial charge on any atom is 0.276 e. The monoisotopic (exact) mass is 268 g/mol. The molecule has 6 nitrogen and oxygen atoms in total. The fraction of sp³-hybridized carbons (Fsp3) is 0.0714. The van der Waals surface area contributed by atoms with Gasteiger partial charge < -0.3 is 15.6 Å². The quantitative estimate of drug-likeness (QED) is 0.696. The number of hydrogen-bond donors (Lipinski definition) is 2. The highest BCUT2D eigenvalue weighted by molar-refractivity contribution is 6.14. The molecule has 0 unspecified atom stereocenters.